The Balaban J connectivity index is 1.38. The molecule has 0 aromatic heterocycles. The molecule has 0 spiro atoms. The van der Waals surface area contributed by atoms with Crippen LogP contribution < -0.4 is 19.5 Å². The number of nitrogens with one attached hydrogen (secondary N) is 1. The normalized spacial score (nSPS) is 20.2. The number of ether oxygens (including phenoxy) is 3. The van der Waals surface area contributed by atoms with E-state index in [2.05, 4.69) is 5.32 Å². The quantitative estimate of drug-likeness (QED) is 0.886. The molecule has 1 N–H and O–H groups in total. The van der Waals surface area contributed by atoms with Gasteiger partial charge in [-0.15, -0.1) is 0 Å². The Morgan fingerprint density at radius 3 is 2.68 bits per heavy atom. The van der Waals surface area contributed by atoms with Crippen molar-refractivity contribution in [3.05, 3.63) is 47.5 Å². The van der Waals surface area contributed by atoms with Crippen LogP contribution in [-0.2, 0) is 11.3 Å². The highest BCUT2D eigenvalue weighted by atomic mass is 16.7. The Bertz CT molecular complexity index is 969. The third-order valence-corrected chi connectivity index (χ3v) is 5.22. The van der Waals surface area contributed by atoms with E-state index in [1.807, 2.05) is 17.0 Å². The summed E-state index contributed by atoms with van der Waals surface area (Å²) >= 11 is 0. The number of benzene rings is 2. The first kappa shape index (κ1) is 16.9. The molecule has 2 aromatic carbocycles. The summed E-state index contributed by atoms with van der Waals surface area (Å²) in [7, 11) is 0. The lowest BCUT2D eigenvalue weighted by molar-refractivity contribution is -0.138. The van der Waals surface area contributed by atoms with Crippen molar-refractivity contribution >= 4 is 17.5 Å². The van der Waals surface area contributed by atoms with Gasteiger partial charge in [-0.3, -0.25) is 9.59 Å². The lowest BCUT2D eigenvalue weighted by Gasteiger charge is -2.21. The van der Waals surface area contributed by atoms with E-state index in [4.69, 9.17) is 14.2 Å². The minimum Gasteiger partial charge on any atom is -0.481 e. The molecule has 2 amide bonds. The second-order valence-corrected chi connectivity index (χ2v) is 7.30. The zero-order valence-electron chi connectivity index (χ0n) is 15.4. The summed E-state index contributed by atoms with van der Waals surface area (Å²) in [5.41, 5.74) is 2.04. The van der Waals surface area contributed by atoms with E-state index >= 15 is 0 Å². The largest absolute Gasteiger partial charge is 0.481 e. The minimum absolute atomic E-state index is 0.0182. The molecule has 3 aliphatic rings. The fraction of sp³-hybridized carbons (Fsp3) is 0.333. The Morgan fingerprint density at radius 1 is 1.07 bits per heavy atom. The molecule has 2 aromatic rings. The molecule has 1 atom stereocenters. The maximum atomic E-state index is 12.6. The van der Waals surface area contributed by atoms with Crippen molar-refractivity contribution in [1.82, 2.24) is 4.90 Å². The summed E-state index contributed by atoms with van der Waals surface area (Å²) < 4.78 is 16.4. The van der Waals surface area contributed by atoms with Crippen LogP contribution in [0.25, 0.3) is 0 Å². The number of nitrogens with zero attached hydrogens (tertiary/aromatic N) is 1. The minimum atomic E-state index is -0.504. The van der Waals surface area contributed by atoms with Gasteiger partial charge in [-0.05, 0) is 56.2 Å². The Hall–Kier alpha value is -3.22. The molecule has 7 nitrogen and oxygen atoms in total. The molecule has 2 aliphatic heterocycles. The first-order chi connectivity index (χ1) is 13.6. The smallest absolute Gasteiger partial charge is 0.263 e. The van der Waals surface area contributed by atoms with E-state index in [1.165, 1.54) is 0 Å². The van der Waals surface area contributed by atoms with Crippen LogP contribution in [-0.4, -0.2) is 35.7 Å². The van der Waals surface area contributed by atoms with Crippen molar-refractivity contribution in [2.24, 2.45) is 0 Å². The Labute approximate surface area is 162 Å². The highest BCUT2D eigenvalue weighted by molar-refractivity contribution is 6.04. The highest BCUT2D eigenvalue weighted by Crippen LogP contribution is 2.35. The Morgan fingerprint density at radius 2 is 1.86 bits per heavy atom. The van der Waals surface area contributed by atoms with Crippen molar-refractivity contribution < 1.29 is 23.8 Å². The molecule has 1 fully saturated rings. The van der Waals surface area contributed by atoms with Crippen molar-refractivity contribution in [3.8, 4) is 17.2 Å². The van der Waals surface area contributed by atoms with Crippen LogP contribution >= 0.6 is 0 Å². The summed E-state index contributed by atoms with van der Waals surface area (Å²) in [5, 5.41) is 2.91. The van der Waals surface area contributed by atoms with Crippen molar-refractivity contribution in [2.45, 2.75) is 38.5 Å². The third kappa shape index (κ3) is 3.02. The number of hydrogen-bond acceptors (Lipinski definition) is 5. The van der Waals surface area contributed by atoms with Crippen LogP contribution in [0.1, 0.15) is 35.7 Å². The second kappa shape index (κ2) is 6.44. The maximum absolute atomic E-state index is 12.6. The van der Waals surface area contributed by atoms with E-state index in [1.54, 1.807) is 31.2 Å². The molecule has 1 saturated carbocycles. The van der Waals surface area contributed by atoms with Crippen LogP contribution in [0.15, 0.2) is 36.4 Å². The monoisotopic (exact) mass is 380 g/mol. The van der Waals surface area contributed by atoms with Crippen LogP contribution in [0.3, 0.4) is 0 Å². The van der Waals surface area contributed by atoms with E-state index in [0.717, 1.165) is 18.4 Å². The molecule has 5 rings (SSSR count). The molecule has 0 saturated heterocycles. The lowest BCUT2D eigenvalue weighted by atomic mass is 10.1. The van der Waals surface area contributed by atoms with Gasteiger partial charge in [-0.2, -0.15) is 0 Å². The second-order valence-electron chi connectivity index (χ2n) is 7.30. The molecular formula is C21H20N2O5. The van der Waals surface area contributed by atoms with Gasteiger partial charge in [0.1, 0.15) is 5.75 Å². The van der Waals surface area contributed by atoms with Crippen molar-refractivity contribution in [1.29, 1.82) is 0 Å². The van der Waals surface area contributed by atoms with Gasteiger partial charge in [0, 0.05) is 29.4 Å². The number of fused-ring (bicyclic) bond motifs is 2. The van der Waals surface area contributed by atoms with Crippen LogP contribution in [0.4, 0.5) is 5.69 Å². The first-order valence-electron chi connectivity index (χ1n) is 9.39. The fourth-order valence-electron chi connectivity index (χ4n) is 3.57. The summed E-state index contributed by atoms with van der Waals surface area (Å²) in [6.45, 7) is 2.44. The molecule has 0 radical (unpaired) electrons. The molecule has 1 aliphatic carbocycles. The van der Waals surface area contributed by atoms with Gasteiger partial charge in [0.05, 0.1) is 0 Å². The predicted molar refractivity (Wildman–Crippen MR) is 101 cm³/mol. The SMILES string of the molecule is CC1Oc2ccc(NC(=O)c3ccc4c(c3)OCO4)cc2CN(C2CC2)C1=O. The fourth-order valence-corrected chi connectivity index (χ4v) is 3.57. The summed E-state index contributed by atoms with van der Waals surface area (Å²) in [5.74, 6) is 1.67. The van der Waals surface area contributed by atoms with Crippen LogP contribution in [0, 0.1) is 0 Å². The standard InChI is InChI=1S/C21H20N2O5/c1-12-21(25)23(16-4-5-16)10-14-8-15(3-7-17(14)28-12)22-20(24)13-2-6-18-19(9-13)27-11-26-18/h2-3,6-9,12,16H,4-5,10-11H2,1H3,(H,22,24). The van der Waals surface area contributed by atoms with Gasteiger partial charge in [-0.25, -0.2) is 0 Å². The molecule has 28 heavy (non-hydrogen) atoms. The van der Waals surface area contributed by atoms with E-state index in [9.17, 15) is 9.59 Å². The van der Waals surface area contributed by atoms with Gasteiger partial charge in [-0.1, -0.05) is 0 Å². The molecule has 144 valence electrons. The van der Waals surface area contributed by atoms with Crippen molar-refractivity contribution in [2.75, 3.05) is 12.1 Å². The highest BCUT2D eigenvalue weighted by Gasteiger charge is 2.37. The molecular weight excluding hydrogens is 360 g/mol. The summed E-state index contributed by atoms with van der Waals surface area (Å²) in [4.78, 5) is 27.1. The van der Waals surface area contributed by atoms with Gasteiger partial charge in [0.2, 0.25) is 6.79 Å². The predicted octanol–water partition coefficient (Wildman–Crippen LogP) is 2.94. The third-order valence-electron chi connectivity index (χ3n) is 5.22. The number of amides is 2. The number of hydrogen-bond donors (Lipinski definition) is 1. The van der Waals surface area contributed by atoms with E-state index in [-0.39, 0.29) is 18.6 Å². The van der Waals surface area contributed by atoms with Crippen LogP contribution in [0.5, 0.6) is 17.2 Å². The van der Waals surface area contributed by atoms with Crippen molar-refractivity contribution in [3.63, 3.8) is 0 Å². The molecule has 0 bridgehead atoms. The van der Waals surface area contributed by atoms with Gasteiger partial charge in [0.25, 0.3) is 11.8 Å². The number of carbonyl (C=O) groups is 2. The zero-order chi connectivity index (χ0) is 19.3. The van der Waals surface area contributed by atoms with Gasteiger partial charge in [0.15, 0.2) is 17.6 Å². The summed E-state index contributed by atoms with van der Waals surface area (Å²) in [6.07, 6.45) is 1.57. The Kier molecular flexibility index (Phi) is 3.89. The summed E-state index contributed by atoms with van der Waals surface area (Å²) in [6, 6.07) is 10.9. The average Bonchev–Trinajstić information content (AvgIpc) is 3.44. The van der Waals surface area contributed by atoms with Gasteiger partial charge >= 0.3 is 0 Å². The lowest BCUT2D eigenvalue weighted by Crippen LogP contribution is -2.39. The molecule has 2 heterocycles. The maximum Gasteiger partial charge on any atom is 0.263 e. The van der Waals surface area contributed by atoms with Gasteiger partial charge < -0.3 is 24.4 Å². The topological polar surface area (TPSA) is 77.1 Å². The first-order valence-corrected chi connectivity index (χ1v) is 9.39. The average molecular weight is 380 g/mol. The number of carbonyl (C=O) groups excluding carboxylic acids is 2. The van der Waals surface area contributed by atoms with E-state index in [0.29, 0.717) is 41.1 Å². The van der Waals surface area contributed by atoms with Crippen LogP contribution in [0.2, 0.25) is 0 Å². The molecule has 1 unspecified atom stereocenters. The van der Waals surface area contributed by atoms with E-state index < -0.39 is 6.10 Å². The number of anilines is 1. The molecule has 7 heteroatoms. The number of rotatable bonds is 3. The zero-order valence-corrected chi connectivity index (χ0v) is 15.4.